The van der Waals surface area contributed by atoms with Crippen molar-refractivity contribution in [2.24, 2.45) is 9.98 Å². The minimum absolute atomic E-state index is 0.194. The predicted octanol–water partition coefficient (Wildman–Crippen LogP) is 8.66. The van der Waals surface area contributed by atoms with Crippen LogP contribution in [0.3, 0.4) is 0 Å². The molecule has 31 heavy (non-hydrogen) atoms. The van der Waals surface area contributed by atoms with Crippen molar-refractivity contribution in [3.63, 3.8) is 0 Å². The van der Waals surface area contributed by atoms with E-state index in [9.17, 15) is 0 Å². The fourth-order valence-electron chi connectivity index (χ4n) is 2.82. The molecule has 3 rings (SSSR count). The van der Waals surface area contributed by atoms with Crippen LogP contribution in [-0.4, -0.2) is 16.4 Å². The Labute approximate surface area is 208 Å². The Hall–Kier alpha value is -1.39. The Morgan fingerprint density at radius 3 is 1.42 bits per heavy atom. The quantitative estimate of drug-likeness (QED) is 0.243. The number of hydrogen-bond donors (Lipinski definition) is 0. The molecule has 0 aliphatic rings. The first kappa shape index (κ1) is 25.9. The van der Waals surface area contributed by atoms with Gasteiger partial charge in [-0.15, -0.1) is 0 Å². The molecule has 0 atom stereocenters. The van der Waals surface area contributed by atoms with Crippen LogP contribution in [0.15, 0.2) is 64.6 Å². The Morgan fingerprint density at radius 1 is 0.710 bits per heavy atom. The van der Waals surface area contributed by atoms with Crippen LogP contribution >= 0.6 is 43.4 Å². The fraction of sp³-hybridized carbons (Fsp3) is 0.174. The van der Waals surface area contributed by atoms with Gasteiger partial charge in [-0.05, 0) is 63.1 Å². The number of nitrogens with zero attached hydrogens (tertiary/aromatic N) is 3. The van der Waals surface area contributed by atoms with Crippen LogP contribution in [0.1, 0.15) is 36.4 Å². The number of pyridine rings is 1. The van der Waals surface area contributed by atoms with Gasteiger partial charge in [-0.1, -0.05) is 53.5 Å². The zero-order valence-electron chi connectivity index (χ0n) is 17.4. The third-order valence-corrected chi connectivity index (χ3v) is 5.04. The normalized spacial score (nSPS) is 11.9. The van der Waals surface area contributed by atoms with Crippen molar-refractivity contribution in [2.75, 3.05) is 0 Å². The minimum atomic E-state index is 0.194. The van der Waals surface area contributed by atoms with Gasteiger partial charge in [0.1, 0.15) is 0 Å². The summed E-state index contributed by atoms with van der Waals surface area (Å²) in [5, 5.41) is 1.25. The Balaban J connectivity index is 0.00000107. The maximum atomic E-state index is 6.30. The summed E-state index contributed by atoms with van der Waals surface area (Å²) in [5.74, 6) is 0. The first-order valence-corrected chi connectivity index (χ1v) is 13.0. The van der Waals surface area contributed by atoms with E-state index in [2.05, 4.69) is 0 Å². The molecule has 164 valence electrons. The maximum absolute atomic E-state index is 6.30. The molecule has 2 aromatic carbocycles. The van der Waals surface area contributed by atoms with E-state index in [1.807, 2.05) is 82.3 Å². The van der Waals surface area contributed by atoms with Crippen molar-refractivity contribution >= 4 is 66.2 Å². The number of aromatic nitrogens is 1. The van der Waals surface area contributed by atoms with Gasteiger partial charge < -0.3 is 0 Å². The van der Waals surface area contributed by atoms with E-state index in [0.717, 1.165) is 45.3 Å². The van der Waals surface area contributed by atoms with Crippen molar-refractivity contribution in [3.8, 4) is 0 Å². The summed E-state index contributed by atoms with van der Waals surface area (Å²) in [7, 11) is 9.53. The van der Waals surface area contributed by atoms with Crippen LogP contribution in [0.4, 0.5) is 11.4 Å². The van der Waals surface area contributed by atoms with Gasteiger partial charge in [0, 0.05) is 0 Å². The summed E-state index contributed by atoms with van der Waals surface area (Å²) in [6, 6.07) is 17.3. The van der Waals surface area contributed by atoms with Crippen LogP contribution in [0.25, 0.3) is 0 Å². The molecule has 0 N–H and O–H groups in total. The van der Waals surface area contributed by atoms with Gasteiger partial charge >= 0.3 is 33.3 Å². The topological polar surface area (TPSA) is 37.6 Å². The molecule has 0 fully saturated rings. The SMILES string of the molecule is CC(=Nc1c(C)cccc1Cl)c1cccc(C(C)=Nc2c(C)cccc2Cl)n1.[Cl][Fe][Cl]. The van der Waals surface area contributed by atoms with Crippen molar-refractivity contribution in [1.29, 1.82) is 0 Å². The van der Waals surface area contributed by atoms with E-state index in [4.69, 9.17) is 58.4 Å². The van der Waals surface area contributed by atoms with Gasteiger partial charge in [-0.3, -0.25) is 0 Å². The van der Waals surface area contributed by atoms with Gasteiger partial charge in [0.2, 0.25) is 0 Å². The second kappa shape index (κ2) is 12.6. The molecular weight excluding hydrogens is 516 g/mol. The second-order valence-corrected chi connectivity index (χ2v) is 9.30. The molecule has 0 spiro atoms. The molecule has 0 saturated carbocycles. The standard InChI is InChI=1S/C23H21Cl2N3.2ClH.Fe/c1-14-8-5-10-18(24)22(14)26-16(3)20-12-7-13-21(28-20)17(4)27-23-15(2)9-6-11-19(23)25;;;/h5-13H,1-4H3;2*1H;/q;;;+2/p-2. The van der Waals surface area contributed by atoms with Gasteiger partial charge in [0.25, 0.3) is 0 Å². The van der Waals surface area contributed by atoms with Crippen LogP contribution in [0.2, 0.25) is 10.0 Å². The first-order valence-electron chi connectivity index (χ1n) is 9.22. The summed E-state index contributed by atoms with van der Waals surface area (Å²) in [5.41, 5.74) is 6.73. The molecule has 0 amide bonds. The van der Waals surface area contributed by atoms with E-state index in [1.165, 1.54) is 0 Å². The number of para-hydroxylation sites is 2. The fourth-order valence-corrected chi connectivity index (χ4v) is 3.35. The average Bonchev–Trinajstić information content (AvgIpc) is 2.74. The number of aryl methyl sites for hydroxylation is 2. The number of hydrogen-bond acceptors (Lipinski definition) is 3. The number of benzene rings is 2. The Morgan fingerprint density at radius 2 is 1.06 bits per heavy atom. The van der Waals surface area contributed by atoms with Gasteiger partial charge in [0.15, 0.2) is 0 Å². The molecule has 0 bridgehead atoms. The first-order chi connectivity index (χ1) is 14.8. The molecule has 0 aliphatic carbocycles. The van der Waals surface area contributed by atoms with Gasteiger partial charge in [-0.2, -0.15) is 0 Å². The van der Waals surface area contributed by atoms with Crippen LogP contribution in [0.5, 0.6) is 0 Å². The van der Waals surface area contributed by atoms with E-state index in [0.29, 0.717) is 10.0 Å². The van der Waals surface area contributed by atoms with Gasteiger partial charge in [0.05, 0.1) is 44.2 Å². The molecule has 0 radical (unpaired) electrons. The second-order valence-electron chi connectivity index (χ2n) is 6.66. The molecule has 8 heteroatoms. The molecular formula is C23H21Cl4FeN3. The van der Waals surface area contributed by atoms with Crippen LogP contribution in [-0.2, 0) is 13.1 Å². The number of rotatable bonds is 4. The predicted molar refractivity (Wildman–Crippen MR) is 132 cm³/mol. The van der Waals surface area contributed by atoms with Crippen LogP contribution < -0.4 is 0 Å². The van der Waals surface area contributed by atoms with E-state index in [1.54, 1.807) is 0 Å². The van der Waals surface area contributed by atoms with Crippen molar-refractivity contribution in [1.82, 2.24) is 4.98 Å². The molecule has 3 aromatic rings. The van der Waals surface area contributed by atoms with Crippen LogP contribution in [0, 0.1) is 13.8 Å². The Kier molecular flexibility index (Phi) is 10.5. The zero-order valence-corrected chi connectivity index (χ0v) is 21.5. The van der Waals surface area contributed by atoms with E-state index < -0.39 is 0 Å². The number of halogens is 4. The Bertz CT molecular complexity index is 990. The van der Waals surface area contributed by atoms with E-state index in [-0.39, 0.29) is 13.1 Å². The third kappa shape index (κ3) is 7.32. The monoisotopic (exact) mass is 535 g/mol. The summed E-state index contributed by atoms with van der Waals surface area (Å²) >= 11 is 12.8. The molecule has 1 heterocycles. The third-order valence-electron chi connectivity index (χ3n) is 4.43. The average molecular weight is 537 g/mol. The molecule has 0 aliphatic heterocycles. The van der Waals surface area contributed by atoms with Crippen molar-refractivity contribution < 1.29 is 13.1 Å². The summed E-state index contributed by atoms with van der Waals surface area (Å²) in [4.78, 5) is 14.1. The molecule has 3 nitrogen and oxygen atoms in total. The zero-order chi connectivity index (χ0) is 23.0. The van der Waals surface area contributed by atoms with Crippen molar-refractivity contribution in [2.45, 2.75) is 27.7 Å². The van der Waals surface area contributed by atoms with Gasteiger partial charge in [-0.25, -0.2) is 15.0 Å². The summed E-state index contributed by atoms with van der Waals surface area (Å²) in [6.07, 6.45) is 0. The van der Waals surface area contributed by atoms with E-state index >= 15 is 0 Å². The molecule has 0 unspecified atom stereocenters. The summed E-state index contributed by atoms with van der Waals surface area (Å²) in [6.45, 7) is 7.84. The molecule has 0 saturated heterocycles. The molecule has 1 aromatic heterocycles. The van der Waals surface area contributed by atoms with Crippen molar-refractivity contribution in [3.05, 3.63) is 87.2 Å². The summed E-state index contributed by atoms with van der Waals surface area (Å²) < 4.78 is 0. The number of aliphatic imine (C=N–C) groups is 2.